The summed E-state index contributed by atoms with van der Waals surface area (Å²) < 4.78 is 0. The smallest absolute Gasteiger partial charge is 0.123 e. The number of hydrogen-bond acceptors (Lipinski definition) is 3. The Morgan fingerprint density at radius 2 is 1.71 bits per heavy atom. The van der Waals surface area contributed by atoms with Crippen LogP contribution in [0, 0.1) is 22.7 Å². The second kappa shape index (κ2) is 4.69. The van der Waals surface area contributed by atoms with Gasteiger partial charge in [-0.15, -0.1) is 0 Å². The predicted molar refractivity (Wildman–Crippen MR) is 96.1 cm³/mol. The van der Waals surface area contributed by atoms with Gasteiger partial charge in [-0.25, -0.2) is 0 Å². The second-order valence-corrected chi connectivity index (χ2v) is 9.74. The molecule has 0 unspecified atom stereocenters. The van der Waals surface area contributed by atoms with E-state index in [0.717, 1.165) is 30.4 Å². The molecule has 0 bridgehead atoms. The van der Waals surface area contributed by atoms with Crippen molar-refractivity contribution in [2.45, 2.75) is 71.3 Å². The normalized spacial score (nSPS) is 43.0. The highest BCUT2D eigenvalue weighted by molar-refractivity contribution is 5.54. The molecule has 2 fully saturated rings. The summed E-state index contributed by atoms with van der Waals surface area (Å²) in [6, 6.07) is 3.67. The van der Waals surface area contributed by atoms with Crippen LogP contribution in [-0.2, 0) is 11.8 Å². The zero-order valence-corrected chi connectivity index (χ0v) is 15.4. The van der Waals surface area contributed by atoms with Crippen molar-refractivity contribution in [3.05, 3.63) is 23.3 Å². The maximum absolute atomic E-state index is 10.6. The highest BCUT2D eigenvalue weighted by Crippen LogP contribution is 2.68. The van der Waals surface area contributed by atoms with Gasteiger partial charge < -0.3 is 15.9 Å². The van der Waals surface area contributed by atoms with Crippen LogP contribution in [0.5, 0.6) is 11.5 Å². The van der Waals surface area contributed by atoms with Gasteiger partial charge in [0, 0.05) is 23.1 Å². The number of phenols is 2. The number of aromatic hydroxyl groups is 2. The van der Waals surface area contributed by atoms with Crippen LogP contribution in [0.4, 0.5) is 0 Å². The Labute approximate surface area is 145 Å². The Morgan fingerprint density at radius 3 is 2.42 bits per heavy atom. The van der Waals surface area contributed by atoms with Crippen molar-refractivity contribution in [2.75, 3.05) is 0 Å². The molecular formula is C21H31NO2. The highest BCUT2D eigenvalue weighted by Gasteiger charge is 2.62. The van der Waals surface area contributed by atoms with Crippen LogP contribution in [-0.4, -0.2) is 16.3 Å². The zero-order valence-electron chi connectivity index (χ0n) is 15.4. The first-order valence-electron chi connectivity index (χ1n) is 9.41. The molecule has 132 valence electrons. The van der Waals surface area contributed by atoms with Gasteiger partial charge in [-0.3, -0.25) is 0 Å². The second-order valence-electron chi connectivity index (χ2n) is 9.74. The van der Waals surface area contributed by atoms with Crippen molar-refractivity contribution < 1.29 is 10.2 Å². The summed E-state index contributed by atoms with van der Waals surface area (Å²) in [5, 5.41) is 20.5. The number of benzene rings is 1. The molecule has 3 heteroatoms. The molecule has 0 aromatic heterocycles. The van der Waals surface area contributed by atoms with Gasteiger partial charge in [0.05, 0.1) is 0 Å². The van der Waals surface area contributed by atoms with Gasteiger partial charge in [-0.1, -0.05) is 27.7 Å². The van der Waals surface area contributed by atoms with Crippen molar-refractivity contribution >= 4 is 0 Å². The van der Waals surface area contributed by atoms with Crippen LogP contribution in [0.2, 0.25) is 0 Å². The SMILES string of the molecule is CC1(C)[C@H](N)CC[C@]2(C)[C@H]3Cc4cc(O)cc(O)c4[C@]3(C)CC[C@@H]12. The summed E-state index contributed by atoms with van der Waals surface area (Å²) in [6.45, 7) is 9.51. The lowest BCUT2D eigenvalue weighted by Gasteiger charge is -2.62. The Morgan fingerprint density at radius 1 is 1.00 bits per heavy atom. The molecule has 0 heterocycles. The minimum Gasteiger partial charge on any atom is -0.508 e. The van der Waals surface area contributed by atoms with E-state index in [1.54, 1.807) is 0 Å². The molecule has 0 radical (unpaired) electrons. The Bertz CT molecular complexity index is 697. The number of phenolic OH excluding ortho intramolecular Hbond substituents is 2. The lowest BCUT2D eigenvalue weighted by molar-refractivity contribution is -0.107. The van der Waals surface area contributed by atoms with Gasteiger partial charge in [0.25, 0.3) is 0 Å². The average molecular weight is 329 g/mol. The number of hydrogen-bond donors (Lipinski definition) is 3. The van der Waals surface area contributed by atoms with Crippen LogP contribution in [0.1, 0.15) is 64.5 Å². The lowest BCUT2D eigenvalue weighted by Crippen LogP contribution is -2.60. The maximum atomic E-state index is 10.6. The van der Waals surface area contributed by atoms with Crippen LogP contribution in [0.3, 0.4) is 0 Å². The summed E-state index contributed by atoms with van der Waals surface area (Å²) in [5.74, 6) is 1.60. The molecule has 3 aliphatic rings. The van der Waals surface area contributed by atoms with Gasteiger partial charge in [-0.2, -0.15) is 0 Å². The summed E-state index contributed by atoms with van der Waals surface area (Å²) in [4.78, 5) is 0. The molecule has 0 aliphatic heterocycles. The first kappa shape index (κ1) is 16.3. The average Bonchev–Trinajstić information content (AvgIpc) is 2.77. The molecule has 24 heavy (non-hydrogen) atoms. The number of rotatable bonds is 0. The largest absolute Gasteiger partial charge is 0.508 e. The molecule has 0 saturated heterocycles. The molecule has 3 aliphatic carbocycles. The molecule has 4 N–H and O–H groups in total. The Hall–Kier alpha value is -1.22. The third kappa shape index (κ3) is 1.82. The van der Waals surface area contributed by atoms with E-state index in [0.29, 0.717) is 11.8 Å². The van der Waals surface area contributed by atoms with Crippen LogP contribution < -0.4 is 5.73 Å². The monoisotopic (exact) mass is 329 g/mol. The van der Waals surface area contributed by atoms with Crippen LogP contribution >= 0.6 is 0 Å². The zero-order chi connectivity index (χ0) is 17.5. The van der Waals surface area contributed by atoms with Gasteiger partial charge >= 0.3 is 0 Å². The van der Waals surface area contributed by atoms with E-state index >= 15 is 0 Å². The predicted octanol–water partition coefficient (Wildman–Crippen LogP) is 4.09. The third-order valence-electron chi connectivity index (χ3n) is 8.34. The molecule has 0 amide bonds. The highest BCUT2D eigenvalue weighted by atomic mass is 16.3. The number of nitrogens with two attached hydrogens (primary N) is 1. The van der Waals surface area contributed by atoms with Gasteiger partial charge in [0.15, 0.2) is 0 Å². The number of fused-ring (bicyclic) bond motifs is 5. The van der Waals surface area contributed by atoms with Crippen molar-refractivity contribution in [1.82, 2.24) is 0 Å². The molecule has 2 saturated carbocycles. The molecule has 3 nitrogen and oxygen atoms in total. The van der Waals surface area contributed by atoms with E-state index in [9.17, 15) is 10.2 Å². The minimum absolute atomic E-state index is 0.00980. The van der Waals surface area contributed by atoms with E-state index in [1.165, 1.54) is 18.9 Å². The van der Waals surface area contributed by atoms with Crippen LogP contribution in [0.25, 0.3) is 0 Å². The van der Waals surface area contributed by atoms with Gasteiger partial charge in [-0.05, 0) is 66.4 Å². The molecule has 4 rings (SSSR count). The molecule has 5 atom stereocenters. The fourth-order valence-corrected chi connectivity index (χ4v) is 7.05. The summed E-state index contributed by atoms with van der Waals surface area (Å²) in [5.41, 5.74) is 9.16. The van der Waals surface area contributed by atoms with E-state index < -0.39 is 0 Å². The lowest BCUT2D eigenvalue weighted by atomic mass is 9.43. The molecular weight excluding hydrogens is 298 g/mol. The first-order chi connectivity index (χ1) is 11.1. The minimum atomic E-state index is 0.00980. The molecule has 0 spiro atoms. The quantitative estimate of drug-likeness (QED) is 0.671. The van der Waals surface area contributed by atoms with E-state index in [-0.39, 0.29) is 33.8 Å². The van der Waals surface area contributed by atoms with Gasteiger partial charge in [0.1, 0.15) is 11.5 Å². The van der Waals surface area contributed by atoms with Crippen molar-refractivity contribution in [3.63, 3.8) is 0 Å². The Kier molecular flexibility index (Phi) is 3.18. The third-order valence-corrected chi connectivity index (χ3v) is 8.34. The standard InChI is InChI=1S/C21H31NO2/c1-19(2)15-5-7-21(4)16(20(15,3)8-6-17(19)22)10-12-9-13(23)11-14(24)18(12)21/h9,11,15-17,23-24H,5-8,10,22H2,1-4H3/t15-,16+,17+,20-,21+/m0/s1. The first-order valence-corrected chi connectivity index (χ1v) is 9.41. The van der Waals surface area contributed by atoms with Crippen molar-refractivity contribution in [2.24, 2.45) is 28.4 Å². The Balaban J connectivity index is 1.83. The fraction of sp³-hybridized carbons (Fsp3) is 0.714. The van der Waals surface area contributed by atoms with E-state index in [4.69, 9.17) is 5.73 Å². The molecule has 1 aromatic carbocycles. The topological polar surface area (TPSA) is 66.5 Å². The summed E-state index contributed by atoms with van der Waals surface area (Å²) >= 11 is 0. The van der Waals surface area contributed by atoms with Gasteiger partial charge in [0.2, 0.25) is 0 Å². The molecule has 1 aromatic rings. The maximum Gasteiger partial charge on any atom is 0.123 e. The van der Waals surface area contributed by atoms with E-state index in [2.05, 4.69) is 27.7 Å². The van der Waals surface area contributed by atoms with E-state index in [1.807, 2.05) is 6.07 Å². The van der Waals surface area contributed by atoms with Crippen molar-refractivity contribution in [1.29, 1.82) is 0 Å². The summed E-state index contributed by atoms with van der Waals surface area (Å²) in [6.07, 6.45) is 5.49. The van der Waals surface area contributed by atoms with Crippen molar-refractivity contribution in [3.8, 4) is 11.5 Å². The summed E-state index contributed by atoms with van der Waals surface area (Å²) in [7, 11) is 0. The van der Waals surface area contributed by atoms with Crippen LogP contribution in [0.15, 0.2) is 12.1 Å². The fourth-order valence-electron chi connectivity index (χ4n) is 7.05.